The van der Waals surface area contributed by atoms with E-state index in [0.717, 1.165) is 19.3 Å². The van der Waals surface area contributed by atoms with E-state index >= 15 is 0 Å². The van der Waals surface area contributed by atoms with Crippen molar-refractivity contribution in [1.82, 2.24) is 0 Å². The minimum absolute atomic E-state index is 0.267. The first kappa shape index (κ1) is 11.4. The lowest BCUT2D eigenvalue weighted by molar-refractivity contribution is 0.213. The lowest BCUT2D eigenvalue weighted by Gasteiger charge is -2.03. The average Bonchev–Trinajstić information content (AvgIpc) is 1.97. The van der Waals surface area contributed by atoms with Crippen LogP contribution < -0.4 is 0 Å². The van der Waals surface area contributed by atoms with Crippen LogP contribution in [0.2, 0.25) is 0 Å². The third kappa shape index (κ3) is 7.55. The number of aliphatic hydroxyl groups is 1. The topological polar surface area (TPSA) is 20.2 Å². The molecule has 0 saturated heterocycles. The van der Waals surface area contributed by atoms with Crippen LogP contribution in [0, 0.1) is 0 Å². The summed E-state index contributed by atoms with van der Waals surface area (Å²) in [5.41, 5.74) is 1.18. The molecule has 0 radical (unpaired) electrons. The Kier molecular flexibility index (Phi) is 6.78. The van der Waals surface area contributed by atoms with E-state index in [4.69, 9.17) is 0 Å². The van der Waals surface area contributed by atoms with E-state index < -0.39 is 0 Å². The minimum atomic E-state index is -0.267. The van der Waals surface area contributed by atoms with Gasteiger partial charge in [0.15, 0.2) is 0 Å². The van der Waals surface area contributed by atoms with Gasteiger partial charge in [0, 0.05) is 0 Å². The lowest BCUT2D eigenvalue weighted by Crippen LogP contribution is -2.01. The van der Waals surface area contributed by atoms with Crippen LogP contribution in [0.4, 0.5) is 0 Å². The zero-order valence-electron chi connectivity index (χ0n) is 8.38. The summed E-state index contributed by atoms with van der Waals surface area (Å²) in [6, 6.07) is 0. The summed E-state index contributed by atoms with van der Waals surface area (Å²) in [6.45, 7) is 6.12. The van der Waals surface area contributed by atoms with E-state index in [1.807, 2.05) is 19.9 Å². The SMILES string of the molecule is CCC=CCCC(O)C=C(C)C. The van der Waals surface area contributed by atoms with E-state index in [1.54, 1.807) is 0 Å². The molecule has 0 aromatic heterocycles. The first-order valence-electron chi connectivity index (χ1n) is 4.65. The molecular weight excluding hydrogens is 148 g/mol. The molecular formula is C11H20O. The van der Waals surface area contributed by atoms with Crippen LogP contribution >= 0.6 is 0 Å². The normalized spacial score (nSPS) is 13.3. The maximum atomic E-state index is 9.41. The summed E-state index contributed by atoms with van der Waals surface area (Å²) in [7, 11) is 0. The summed E-state index contributed by atoms with van der Waals surface area (Å²) in [4.78, 5) is 0. The second-order valence-electron chi connectivity index (χ2n) is 3.27. The average molecular weight is 168 g/mol. The van der Waals surface area contributed by atoms with Crippen molar-refractivity contribution in [1.29, 1.82) is 0 Å². The highest BCUT2D eigenvalue weighted by Crippen LogP contribution is 2.03. The van der Waals surface area contributed by atoms with Crippen molar-refractivity contribution in [2.45, 2.75) is 46.1 Å². The second-order valence-corrected chi connectivity index (χ2v) is 3.27. The molecule has 0 aliphatic carbocycles. The Morgan fingerprint density at radius 3 is 2.50 bits per heavy atom. The molecule has 0 aliphatic heterocycles. The van der Waals surface area contributed by atoms with Gasteiger partial charge in [-0.05, 0) is 33.1 Å². The summed E-state index contributed by atoms with van der Waals surface area (Å²) in [5, 5.41) is 9.41. The number of rotatable bonds is 5. The molecule has 0 spiro atoms. The number of hydrogen-bond acceptors (Lipinski definition) is 1. The molecule has 1 unspecified atom stereocenters. The van der Waals surface area contributed by atoms with Gasteiger partial charge in [0.2, 0.25) is 0 Å². The maximum Gasteiger partial charge on any atom is 0.0726 e. The van der Waals surface area contributed by atoms with Gasteiger partial charge < -0.3 is 5.11 Å². The van der Waals surface area contributed by atoms with Crippen LogP contribution in [-0.4, -0.2) is 11.2 Å². The molecule has 0 aromatic rings. The molecule has 12 heavy (non-hydrogen) atoms. The second kappa shape index (κ2) is 7.11. The summed E-state index contributed by atoms with van der Waals surface area (Å²) in [6.07, 6.45) is 8.78. The van der Waals surface area contributed by atoms with Crippen molar-refractivity contribution >= 4 is 0 Å². The molecule has 0 rings (SSSR count). The predicted molar refractivity (Wildman–Crippen MR) is 54.1 cm³/mol. The Hall–Kier alpha value is -0.560. The van der Waals surface area contributed by atoms with Gasteiger partial charge in [-0.2, -0.15) is 0 Å². The number of allylic oxidation sites excluding steroid dienone is 3. The Bertz CT molecular complexity index is 152. The van der Waals surface area contributed by atoms with E-state index in [-0.39, 0.29) is 6.10 Å². The Labute approximate surface area is 75.8 Å². The van der Waals surface area contributed by atoms with Crippen molar-refractivity contribution < 1.29 is 5.11 Å². The summed E-state index contributed by atoms with van der Waals surface area (Å²) < 4.78 is 0. The highest BCUT2D eigenvalue weighted by atomic mass is 16.3. The van der Waals surface area contributed by atoms with Crippen LogP contribution in [0.5, 0.6) is 0 Å². The Morgan fingerprint density at radius 1 is 1.33 bits per heavy atom. The molecule has 1 heteroatoms. The molecule has 0 aliphatic rings. The van der Waals surface area contributed by atoms with Gasteiger partial charge >= 0.3 is 0 Å². The fourth-order valence-electron chi connectivity index (χ4n) is 1.02. The number of hydrogen-bond donors (Lipinski definition) is 1. The molecule has 0 heterocycles. The first-order valence-corrected chi connectivity index (χ1v) is 4.65. The molecule has 0 amide bonds. The lowest BCUT2D eigenvalue weighted by atomic mass is 10.1. The van der Waals surface area contributed by atoms with Crippen molar-refractivity contribution in [3.63, 3.8) is 0 Å². The van der Waals surface area contributed by atoms with Crippen LogP contribution in [0.15, 0.2) is 23.8 Å². The van der Waals surface area contributed by atoms with Gasteiger partial charge in [-0.15, -0.1) is 0 Å². The fourth-order valence-corrected chi connectivity index (χ4v) is 1.02. The molecule has 1 atom stereocenters. The van der Waals surface area contributed by atoms with E-state index in [9.17, 15) is 5.11 Å². The Morgan fingerprint density at radius 2 is 2.00 bits per heavy atom. The van der Waals surface area contributed by atoms with Crippen LogP contribution in [-0.2, 0) is 0 Å². The molecule has 1 N–H and O–H groups in total. The van der Waals surface area contributed by atoms with Crippen molar-refractivity contribution in [2.24, 2.45) is 0 Å². The third-order valence-electron chi connectivity index (χ3n) is 1.56. The molecule has 70 valence electrons. The van der Waals surface area contributed by atoms with Gasteiger partial charge in [-0.25, -0.2) is 0 Å². The zero-order chi connectivity index (χ0) is 9.40. The predicted octanol–water partition coefficient (Wildman–Crippen LogP) is 3.06. The molecule has 0 fully saturated rings. The van der Waals surface area contributed by atoms with Crippen molar-refractivity contribution in [3.05, 3.63) is 23.8 Å². The zero-order valence-corrected chi connectivity index (χ0v) is 8.38. The van der Waals surface area contributed by atoms with Crippen LogP contribution in [0.3, 0.4) is 0 Å². The summed E-state index contributed by atoms with van der Waals surface area (Å²) >= 11 is 0. The molecule has 0 bridgehead atoms. The number of aliphatic hydroxyl groups excluding tert-OH is 1. The third-order valence-corrected chi connectivity index (χ3v) is 1.56. The molecule has 0 saturated carbocycles. The summed E-state index contributed by atoms with van der Waals surface area (Å²) in [5.74, 6) is 0. The van der Waals surface area contributed by atoms with Gasteiger partial charge in [-0.1, -0.05) is 30.7 Å². The maximum absolute atomic E-state index is 9.41. The highest BCUT2D eigenvalue weighted by Gasteiger charge is 1.96. The molecule has 0 aromatic carbocycles. The van der Waals surface area contributed by atoms with Crippen LogP contribution in [0.25, 0.3) is 0 Å². The van der Waals surface area contributed by atoms with Crippen molar-refractivity contribution in [2.75, 3.05) is 0 Å². The minimum Gasteiger partial charge on any atom is -0.389 e. The van der Waals surface area contributed by atoms with E-state index in [0.29, 0.717) is 0 Å². The van der Waals surface area contributed by atoms with Crippen LogP contribution in [0.1, 0.15) is 40.0 Å². The van der Waals surface area contributed by atoms with E-state index in [2.05, 4.69) is 19.1 Å². The highest BCUT2D eigenvalue weighted by molar-refractivity contribution is 4.98. The standard InChI is InChI=1S/C11H20O/c1-4-5-6-7-8-11(12)9-10(2)3/h5-6,9,11-12H,4,7-8H2,1-3H3. The van der Waals surface area contributed by atoms with Gasteiger partial charge in [0.1, 0.15) is 0 Å². The Balaban J connectivity index is 3.51. The van der Waals surface area contributed by atoms with Gasteiger partial charge in [0.05, 0.1) is 6.10 Å². The van der Waals surface area contributed by atoms with Gasteiger partial charge in [-0.3, -0.25) is 0 Å². The fraction of sp³-hybridized carbons (Fsp3) is 0.636. The van der Waals surface area contributed by atoms with E-state index in [1.165, 1.54) is 5.57 Å². The van der Waals surface area contributed by atoms with Crippen molar-refractivity contribution in [3.8, 4) is 0 Å². The largest absolute Gasteiger partial charge is 0.389 e. The quantitative estimate of drug-likeness (QED) is 0.625. The monoisotopic (exact) mass is 168 g/mol. The first-order chi connectivity index (χ1) is 5.66. The van der Waals surface area contributed by atoms with Gasteiger partial charge in [0.25, 0.3) is 0 Å². The smallest absolute Gasteiger partial charge is 0.0726 e. The molecule has 1 nitrogen and oxygen atoms in total.